The Kier molecular flexibility index (Phi) is 4.87. The Morgan fingerprint density at radius 3 is 2.60 bits per heavy atom. The van der Waals surface area contributed by atoms with Crippen LogP contribution in [0.2, 0.25) is 0 Å². The van der Waals surface area contributed by atoms with E-state index in [1.807, 2.05) is 12.1 Å². The van der Waals surface area contributed by atoms with E-state index in [1.54, 1.807) is 6.20 Å². The topological polar surface area (TPSA) is 24.9 Å². The SMILES string of the molecule is CCC(CC)(CCl)Nc1ncccc1Br. The first kappa shape index (κ1) is 12.8. The van der Waals surface area contributed by atoms with Gasteiger partial charge in [-0.15, -0.1) is 11.6 Å². The number of hydrogen-bond acceptors (Lipinski definition) is 2. The molecule has 84 valence electrons. The van der Waals surface area contributed by atoms with Crippen molar-refractivity contribution in [3.8, 4) is 0 Å². The van der Waals surface area contributed by atoms with Gasteiger partial charge < -0.3 is 5.32 Å². The first-order chi connectivity index (χ1) is 7.17. The van der Waals surface area contributed by atoms with Gasteiger partial charge in [-0.3, -0.25) is 0 Å². The van der Waals surface area contributed by atoms with Crippen LogP contribution in [-0.2, 0) is 0 Å². The van der Waals surface area contributed by atoms with Gasteiger partial charge in [0.25, 0.3) is 0 Å². The number of anilines is 1. The Bertz CT molecular complexity index is 305. The number of alkyl halides is 1. The van der Waals surface area contributed by atoms with Crippen LogP contribution in [0.25, 0.3) is 0 Å². The van der Waals surface area contributed by atoms with Crippen LogP contribution in [0, 0.1) is 0 Å². The van der Waals surface area contributed by atoms with Gasteiger partial charge in [0.2, 0.25) is 0 Å². The average Bonchev–Trinajstić information content (AvgIpc) is 2.29. The summed E-state index contributed by atoms with van der Waals surface area (Å²) in [4.78, 5) is 4.29. The summed E-state index contributed by atoms with van der Waals surface area (Å²) >= 11 is 9.49. The van der Waals surface area contributed by atoms with Gasteiger partial charge in [0.1, 0.15) is 5.82 Å². The molecule has 0 amide bonds. The lowest BCUT2D eigenvalue weighted by Crippen LogP contribution is -2.39. The second-order valence-corrected chi connectivity index (χ2v) is 4.70. The fourth-order valence-electron chi connectivity index (χ4n) is 1.38. The summed E-state index contributed by atoms with van der Waals surface area (Å²) in [5.41, 5.74) is -0.0571. The molecule has 0 fully saturated rings. The second kappa shape index (κ2) is 5.71. The fourth-order valence-corrected chi connectivity index (χ4v) is 2.18. The minimum Gasteiger partial charge on any atom is -0.363 e. The Morgan fingerprint density at radius 2 is 2.13 bits per heavy atom. The van der Waals surface area contributed by atoms with Crippen LogP contribution in [-0.4, -0.2) is 16.4 Å². The van der Waals surface area contributed by atoms with E-state index < -0.39 is 0 Å². The standard InChI is InChI=1S/C11H16BrClN2/c1-3-11(4-2,8-13)15-10-9(12)6-5-7-14-10/h5-7H,3-4,8H2,1-2H3,(H,14,15). The quantitative estimate of drug-likeness (QED) is 0.828. The molecule has 0 aliphatic heterocycles. The molecule has 1 N–H and O–H groups in total. The summed E-state index contributed by atoms with van der Waals surface area (Å²) in [5, 5.41) is 3.42. The van der Waals surface area contributed by atoms with Gasteiger partial charge in [-0.1, -0.05) is 13.8 Å². The maximum absolute atomic E-state index is 6.02. The van der Waals surface area contributed by atoms with E-state index in [2.05, 4.69) is 40.1 Å². The zero-order valence-corrected chi connectivity index (χ0v) is 11.4. The molecule has 0 saturated carbocycles. The van der Waals surface area contributed by atoms with Crippen LogP contribution in [0.3, 0.4) is 0 Å². The van der Waals surface area contributed by atoms with E-state index in [4.69, 9.17) is 11.6 Å². The largest absolute Gasteiger partial charge is 0.363 e. The zero-order chi connectivity index (χ0) is 11.3. The van der Waals surface area contributed by atoms with E-state index in [-0.39, 0.29) is 5.54 Å². The first-order valence-electron chi connectivity index (χ1n) is 5.12. The summed E-state index contributed by atoms with van der Waals surface area (Å²) < 4.78 is 0.974. The van der Waals surface area contributed by atoms with Gasteiger partial charge in [-0.25, -0.2) is 4.98 Å². The Hall–Kier alpha value is -0.280. The molecule has 1 rings (SSSR count). The van der Waals surface area contributed by atoms with Crippen molar-refractivity contribution in [3.63, 3.8) is 0 Å². The van der Waals surface area contributed by atoms with Crippen LogP contribution >= 0.6 is 27.5 Å². The lowest BCUT2D eigenvalue weighted by molar-refractivity contribution is 0.482. The molecule has 0 aromatic carbocycles. The van der Waals surface area contributed by atoms with E-state index in [1.165, 1.54) is 0 Å². The van der Waals surface area contributed by atoms with Crippen LogP contribution in [0.15, 0.2) is 22.8 Å². The molecule has 0 aliphatic carbocycles. The van der Waals surface area contributed by atoms with E-state index in [0.717, 1.165) is 23.1 Å². The molecule has 1 aromatic heterocycles. The lowest BCUT2D eigenvalue weighted by atomic mass is 9.95. The van der Waals surface area contributed by atoms with Crippen LogP contribution < -0.4 is 5.32 Å². The molecule has 1 heterocycles. The smallest absolute Gasteiger partial charge is 0.140 e. The lowest BCUT2D eigenvalue weighted by Gasteiger charge is -2.31. The summed E-state index contributed by atoms with van der Waals surface area (Å²) in [6, 6.07) is 3.87. The molecule has 0 saturated heterocycles. The van der Waals surface area contributed by atoms with Gasteiger partial charge in [0, 0.05) is 12.1 Å². The van der Waals surface area contributed by atoms with E-state index >= 15 is 0 Å². The summed E-state index contributed by atoms with van der Waals surface area (Å²) in [7, 11) is 0. The van der Waals surface area contributed by atoms with Crippen molar-refractivity contribution in [3.05, 3.63) is 22.8 Å². The molecule has 0 radical (unpaired) electrons. The van der Waals surface area contributed by atoms with Crippen molar-refractivity contribution < 1.29 is 0 Å². The summed E-state index contributed by atoms with van der Waals surface area (Å²) in [6.07, 6.45) is 3.74. The van der Waals surface area contributed by atoms with Crippen LogP contribution in [0.5, 0.6) is 0 Å². The minimum atomic E-state index is -0.0571. The number of aromatic nitrogens is 1. The number of hydrogen-bond donors (Lipinski definition) is 1. The van der Waals surface area contributed by atoms with Crippen molar-refractivity contribution in [2.24, 2.45) is 0 Å². The van der Waals surface area contributed by atoms with Gasteiger partial charge >= 0.3 is 0 Å². The third-order valence-electron chi connectivity index (χ3n) is 2.75. The van der Waals surface area contributed by atoms with Gasteiger partial charge in [-0.2, -0.15) is 0 Å². The van der Waals surface area contributed by atoms with Crippen molar-refractivity contribution in [1.29, 1.82) is 0 Å². The second-order valence-electron chi connectivity index (χ2n) is 3.58. The molecule has 0 spiro atoms. The third-order valence-corrected chi connectivity index (χ3v) is 3.90. The summed E-state index contributed by atoms with van der Waals surface area (Å²) in [6.45, 7) is 4.27. The molecule has 0 atom stereocenters. The highest BCUT2D eigenvalue weighted by Gasteiger charge is 2.25. The number of rotatable bonds is 5. The number of nitrogens with one attached hydrogen (secondary N) is 1. The van der Waals surface area contributed by atoms with Crippen LogP contribution in [0.4, 0.5) is 5.82 Å². The number of halogens is 2. The van der Waals surface area contributed by atoms with Crippen molar-refractivity contribution in [2.45, 2.75) is 32.2 Å². The number of pyridine rings is 1. The first-order valence-corrected chi connectivity index (χ1v) is 6.45. The highest BCUT2D eigenvalue weighted by atomic mass is 79.9. The van der Waals surface area contributed by atoms with Crippen molar-refractivity contribution in [1.82, 2.24) is 4.98 Å². The minimum absolute atomic E-state index is 0.0571. The maximum Gasteiger partial charge on any atom is 0.140 e. The summed E-state index contributed by atoms with van der Waals surface area (Å²) in [5.74, 6) is 1.45. The monoisotopic (exact) mass is 290 g/mol. The Morgan fingerprint density at radius 1 is 1.47 bits per heavy atom. The van der Waals surface area contributed by atoms with Crippen molar-refractivity contribution >= 4 is 33.3 Å². The normalized spacial score (nSPS) is 11.5. The molecule has 15 heavy (non-hydrogen) atoms. The zero-order valence-electron chi connectivity index (χ0n) is 9.06. The maximum atomic E-state index is 6.02. The van der Waals surface area contributed by atoms with E-state index in [9.17, 15) is 0 Å². The number of nitrogens with zero attached hydrogens (tertiary/aromatic N) is 1. The third kappa shape index (κ3) is 3.08. The Labute approximate surface area is 105 Å². The van der Waals surface area contributed by atoms with E-state index in [0.29, 0.717) is 5.88 Å². The predicted molar refractivity (Wildman–Crippen MR) is 69.6 cm³/mol. The van der Waals surface area contributed by atoms with Gasteiger partial charge in [0.15, 0.2) is 0 Å². The van der Waals surface area contributed by atoms with Crippen LogP contribution in [0.1, 0.15) is 26.7 Å². The molecule has 4 heteroatoms. The molecular weight excluding hydrogens is 275 g/mol. The molecular formula is C11H16BrClN2. The molecule has 0 unspecified atom stereocenters. The predicted octanol–water partition coefficient (Wildman–Crippen LogP) is 4.05. The average molecular weight is 292 g/mol. The fraction of sp³-hybridized carbons (Fsp3) is 0.545. The highest BCUT2D eigenvalue weighted by Crippen LogP contribution is 2.27. The Balaban J connectivity index is 2.88. The van der Waals surface area contributed by atoms with Gasteiger partial charge in [-0.05, 0) is 40.9 Å². The van der Waals surface area contributed by atoms with Crippen molar-refractivity contribution in [2.75, 3.05) is 11.2 Å². The molecule has 0 bridgehead atoms. The van der Waals surface area contributed by atoms with Gasteiger partial charge in [0.05, 0.1) is 10.0 Å². The highest BCUT2D eigenvalue weighted by molar-refractivity contribution is 9.10. The molecule has 1 aromatic rings. The molecule has 2 nitrogen and oxygen atoms in total. The molecule has 0 aliphatic rings.